The van der Waals surface area contributed by atoms with Gasteiger partial charge in [-0.3, -0.25) is 9.80 Å². The molecule has 2 atom stereocenters. The molecule has 124 valence electrons. The Morgan fingerprint density at radius 1 is 1.27 bits per heavy atom. The van der Waals surface area contributed by atoms with Crippen molar-refractivity contribution < 1.29 is 9.84 Å². The van der Waals surface area contributed by atoms with Gasteiger partial charge in [0.05, 0.1) is 12.7 Å². The van der Waals surface area contributed by atoms with Crippen molar-refractivity contribution in [3.63, 3.8) is 0 Å². The van der Waals surface area contributed by atoms with E-state index >= 15 is 0 Å². The monoisotopic (exact) mass is 306 g/mol. The van der Waals surface area contributed by atoms with Gasteiger partial charge in [0.1, 0.15) is 0 Å². The second-order valence-corrected chi connectivity index (χ2v) is 6.16. The maximum absolute atomic E-state index is 10.4. The number of nitrogens with zero attached hydrogens (tertiary/aromatic N) is 2. The Kier molecular flexibility index (Phi) is 7.33. The maximum Gasteiger partial charge on any atom is 0.0916 e. The van der Waals surface area contributed by atoms with Crippen molar-refractivity contribution in [2.75, 3.05) is 46.4 Å². The third-order valence-corrected chi connectivity index (χ3v) is 4.51. The number of hydrogen-bond donors (Lipinski definition) is 1. The lowest BCUT2D eigenvalue weighted by molar-refractivity contribution is 0.0242. The Balaban J connectivity index is 1.88. The van der Waals surface area contributed by atoms with Crippen LogP contribution in [-0.2, 0) is 4.74 Å². The average Bonchev–Trinajstić information content (AvgIpc) is 2.55. The molecule has 0 bridgehead atoms. The average molecular weight is 306 g/mol. The van der Waals surface area contributed by atoms with Gasteiger partial charge in [-0.15, -0.1) is 0 Å². The third-order valence-electron chi connectivity index (χ3n) is 4.51. The zero-order chi connectivity index (χ0) is 15.8. The molecule has 2 rings (SSSR count). The standard InChI is InChI=1S/C18H30N2O2/c1-3-7-17-14-19(10-11-20(17)12-13-22-2)15-18(21)16-8-5-4-6-9-16/h4-6,8-9,17-18,21H,3,7,10-15H2,1-2H3. The molecule has 1 N–H and O–H groups in total. The van der Waals surface area contributed by atoms with Gasteiger partial charge in [-0.2, -0.15) is 0 Å². The summed E-state index contributed by atoms with van der Waals surface area (Å²) in [6.45, 7) is 7.91. The number of rotatable bonds is 8. The van der Waals surface area contributed by atoms with Gasteiger partial charge in [-0.1, -0.05) is 43.7 Å². The highest BCUT2D eigenvalue weighted by Gasteiger charge is 2.27. The molecule has 1 saturated heterocycles. The molecule has 1 fully saturated rings. The van der Waals surface area contributed by atoms with Gasteiger partial charge in [0.2, 0.25) is 0 Å². The maximum atomic E-state index is 10.4. The molecule has 2 unspecified atom stereocenters. The zero-order valence-corrected chi connectivity index (χ0v) is 13.9. The fraction of sp³-hybridized carbons (Fsp3) is 0.667. The summed E-state index contributed by atoms with van der Waals surface area (Å²) in [4.78, 5) is 4.94. The lowest BCUT2D eigenvalue weighted by atomic mass is 10.0. The summed E-state index contributed by atoms with van der Waals surface area (Å²) in [5.74, 6) is 0. The molecule has 1 aromatic carbocycles. The van der Waals surface area contributed by atoms with Gasteiger partial charge in [0.25, 0.3) is 0 Å². The van der Waals surface area contributed by atoms with Crippen LogP contribution in [-0.4, -0.2) is 67.4 Å². The van der Waals surface area contributed by atoms with Crippen LogP contribution in [0.2, 0.25) is 0 Å². The summed E-state index contributed by atoms with van der Waals surface area (Å²) < 4.78 is 5.23. The van der Waals surface area contributed by atoms with Crippen LogP contribution in [0.5, 0.6) is 0 Å². The van der Waals surface area contributed by atoms with Gasteiger partial charge >= 0.3 is 0 Å². The van der Waals surface area contributed by atoms with Crippen LogP contribution >= 0.6 is 0 Å². The molecule has 4 heteroatoms. The highest BCUT2D eigenvalue weighted by Crippen LogP contribution is 2.19. The van der Waals surface area contributed by atoms with E-state index in [9.17, 15) is 5.11 Å². The summed E-state index contributed by atoms with van der Waals surface area (Å²) in [5, 5.41) is 10.4. The van der Waals surface area contributed by atoms with Gasteiger partial charge in [-0.25, -0.2) is 0 Å². The summed E-state index contributed by atoms with van der Waals surface area (Å²) in [6.07, 6.45) is 2.01. The van der Waals surface area contributed by atoms with Crippen LogP contribution in [0.3, 0.4) is 0 Å². The van der Waals surface area contributed by atoms with Crippen LogP contribution in [0.4, 0.5) is 0 Å². The first kappa shape index (κ1) is 17.4. The minimum Gasteiger partial charge on any atom is -0.387 e. The summed E-state index contributed by atoms with van der Waals surface area (Å²) >= 11 is 0. The van der Waals surface area contributed by atoms with Gasteiger partial charge in [0.15, 0.2) is 0 Å². The van der Waals surface area contributed by atoms with Gasteiger partial charge in [-0.05, 0) is 12.0 Å². The van der Waals surface area contributed by atoms with Crippen molar-refractivity contribution in [3.8, 4) is 0 Å². The first-order valence-corrected chi connectivity index (χ1v) is 8.43. The smallest absolute Gasteiger partial charge is 0.0916 e. The van der Waals surface area contributed by atoms with E-state index < -0.39 is 6.10 Å². The van der Waals surface area contributed by atoms with E-state index in [0.717, 1.165) is 44.9 Å². The normalized spacial score (nSPS) is 21.9. The fourth-order valence-electron chi connectivity index (χ4n) is 3.26. The molecular weight excluding hydrogens is 276 g/mol. The van der Waals surface area contributed by atoms with E-state index in [1.165, 1.54) is 12.8 Å². The number of benzene rings is 1. The molecule has 1 aliphatic rings. The van der Waals surface area contributed by atoms with Gasteiger partial charge < -0.3 is 9.84 Å². The molecule has 22 heavy (non-hydrogen) atoms. The molecule has 0 saturated carbocycles. The third kappa shape index (κ3) is 5.06. The first-order valence-electron chi connectivity index (χ1n) is 8.43. The van der Waals surface area contributed by atoms with E-state index in [1.807, 2.05) is 30.3 Å². The number of β-amino-alcohol motifs (C(OH)–C–C–N with tert-alkyl or cyclic N) is 1. The van der Waals surface area contributed by atoms with Crippen molar-refractivity contribution in [1.82, 2.24) is 9.80 Å². The summed E-state index contributed by atoms with van der Waals surface area (Å²) in [7, 11) is 1.77. The number of methoxy groups -OCH3 is 1. The highest BCUT2D eigenvalue weighted by atomic mass is 16.5. The Bertz CT molecular complexity index is 413. The Morgan fingerprint density at radius 3 is 2.73 bits per heavy atom. The molecule has 0 aliphatic carbocycles. The quantitative estimate of drug-likeness (QED) is 0.798. The fourth-order valence-corrected chi connectivity index (χ4v) is 3.26. The minimum absolute atomic E-state index is 0.394. The second-order valence-electron chi connectivity index (χ2n) is 6.16. The molecule has 0 spiro atoms. The molecule has 4 nitrogen and oxygen atoms in total. The van der Waals surface area contributed by atoms with Crippen LogP contribution < -0.4 is 0 Å². The predicted molar refractivity (Wildman–Crippen MR) is 90.0 cm³/mol. The SMILES string of the molecule is CCCC1CN(CC(O)c2ccccc2)CCN1CCOC. The molecule has 1 aromatic rings. The van der Waals surface area contributed by atoms with Crippen molar-refractivity contribution in [1.29, 1.82) is 0 Å². The van der Waals surface area contributed by atoms with Crippen molar-refractivity contribution in [2.45, 2.75) is 31.9 Å². The number of aliphatic hydroxyl groups excluding tert-OH is 1. The molecule has 1 aliphatic heterocycles. The van der Waals surface area contributed by atoms with E-state index in [1.54, 1.807) is 7.11 Å². The van der Waals surface area contributed by atoms with Crippen LogP contribution in [0.1, 0.15) is 31.4 Å². The molecular formula is C18H30N2O2. The van der Waals surface area contributed by atoms with Crippen LogP contribution in [0.25, 0.3) is 0 Å². The van der Waals surface area contributed by atoms with Crippen LogP contribution in [0, 0.1) is 0 Å². The molecule has 0 amide bonds. The number of piperazine rings is 1. The lowest BCUT2D eigenvalue weighted by Gasteiger charge is -2.42. The second kappa shape index (κ2) is 9.26. The van der Waals surface area contributed by atoms with E-state index in [-0.39, 0.29) is 0 Å². The Labute approximate surface area is 134 Å². The van der Waals surface area contributed by atoms with Crippen molar-refractivity contribution in [3.05, 3.63) is 35.9 Å². The van der Waals surface area contributed by atoms with Crippen molar-refractivity contribution in [2.24, 2.45) is 0 Å². The van der Waals surface area contributed by atoms with E-state index in [2.05, 4.69) is 16.7 Å². The Morgan fingerprint density at radius 2 is 2.05 bits per heavy atom. The molecule has 1 heterocycles. The van der Waals surface area contributed by atoms with Gasteiger partial charge in [0, 0.05) is 45.9 Å². The van der Waals surface area contributed by atoms with E-state index in [0.29, 0.717) is 6.04 Å². The largest absolute Gasteiger partial charge is 0.387 e. The summed E-state index contributed by atoms with van der Waals surface area (Å²) in [6, 6.07) is 10.5. The topological polar surface area (TPSA) is 35.9 Å². The van der Waals surface area contributed by atoms with E-state index in [4.69, 9.17) is 4.74 Å². The summed E-state index contributed by atoms with van der Waals surface area (Å²) in [5.41, 5.74) is 1.01. The molecule has 0 radical (unpaired) electrons. The zero-order valence-electron chi connectivity index (χ0n) is 13.9. The van der Waals surface area contributed by atoms with Crippen molar-refractivity contribution >= 4 is 0 Å². The van der Waals surface area contributed by atoms with Crippen LogP contribution in [0.15, 0.2) is 30.3 Å². The highest BCUT2D eigenvalue weighted by molar-refractivity contribution is 5.17. The number of ether oxygens (including phenoxy) is 1. The number of aliphatic hydroxyl groups is 1. The lowest BCUT2D eigenvalue weighted by Crippen LogP contribution is -2.54. The first-order chi connectivity index (χ1) is 10.7. The Hall–Kier alpha value is -0.940. The number of hydrogen-bond acceptors (Lipinski definition) is 4. The predicted octanol–water partition coefficient (Wildman–Crippen LogP) is 2.15. The molecule has 0 aromatic heterocycles. The minimum atomic E-state index is -0.394.